The maximum absolute atomic E-state index is 13.1. The Hall–Kier alpha value is -2.62. The van der Waals surface area contributed by atoms with Crippen molar-refractivity contribution in [3.8, 4) is 0 Å². The lowest BCUT2D eigenvalue weighted by Gasteiger charge is -2.31. The third-order valence-electron chi connectivity index (χ3n) is 4.30. The molecule has 0 saturated carbocycles. The molecule has 4 nitrogen and oxygen atoms in total. The van der Waals surface area contributed by atoms with Crippen molar-refractivity contribution in [2.75, 3.05) is 0 Å². The number of rotatable bonds is 6. The summed E-state index contributed by atoms with van der Waals surface area (Å²) in [6.45, 7) is 10.0. The van der Waals surface area contributed by atoms with Crippen LogP contribution in [-0.4, -0.2) is 28.3 Å². The van der Waals surface area contributed by atoms with Gasteiger partial charge in [0.1, 0.15) is 6.04 Å². The van der Waals surface area contributed by atoms with Crippen LogP contribution in [0.15, 0.2) is 54.6 Å². The van der Waals surface area contributed by atoms with E-state index in [1.807, 2.05) is 82.3 Å². The van der Waals surface area contributed by atoms with Crippen LogP contribution in [0, 0.1) is 6.92 Å². The van der Waals surface area contributed by atoms with Gasteiger partial charge in [0.15, 0.2) is 0 Å². The molecule has 2 aromatic rings. The molecule has 0 aliphatic heterocycles. The zero-order valence-corrected chi connectivity index (χ0v) is 17.0. The van der Waals surface area contributed by atoms with Crippen LogP contribution in [0.2, 0.25) is 0 Å². The summed E-state index contributed by atoms with van der Waals surface area (Å²) in [5.41, 5.74) is 2.74. The molecule has 0 aliphatic rings. The van der Waals surface area contributed by atoms with E-state index >= 15 is 0 Å². The van der Waals surface area contributed by atoms with Gasteiger partial charge in [0.2, 0.25) is 11.8 Å². The summed E-state index contributed by atoms with van der Waals surface area (Å²) in [4.78, 5) is 27.4. The lowest BCUT2D eigenvalue weighted by atomic mass is 10.1. The predicted molar refractivity (Wildman–Crippen MR) is 109 cm³/mol. The highest BCUT2D eigenvalue weighted by atomic mass is 16.2. The van der Waals surface area contributed by atoms with Crippen molar-refractivity contribution in [3.05, 3.63) is 71.3 Å². The van der Waals surface area contributed by atoms with E-state index in [1.54, 1.807) is 11.8 Å². The fourth-order valence-corrected chi connectivity index (χ4v) is 2.94. The SMILES string of the molecule is Cc1cccc(CC(=O)N(Cc2ccccc2)C(C)C(=O)NC(C)(C)C)c1. The predicted octanol–water partition coefficient (Wildman–Crippen LogP) is 3.87. The van der Waals surface area contributed by atoms with Crippen molar-refractivity contribution in [2.45, 2.75) is 59.2 Å². The molecule has 1 N–H and O–H groups in total. The molecule has 0 aromatic heterocycles. The molecule has 2 amide bonds. The van der Waals surface area contributed by atoms with Crippen LogP contribution in [0.3, 0.4) is 0 Å². The van der Waals surface area contributed by atoms with Crippen molar-refractivity contribution >= 4 is 11.8 Å². The number of amides is 2. The molecular weight excluding hydrogens is 336 g/mol. The van der Waals surface area contributed by atoms with E-state index in [0.717, 1.165) is 16.7 Å². The highest BCUT2D eigenvalue weighted by molar-refractivity contribution is 5.88. The molecule has 0 heterocycles. The Bertz CT molecular complexity index is 778. The van der Waals surface area contributed by atoms with Gasteiger partial charge in [-0.25, -0.2) is 0 Å². The molecule has 0 fully saturated rings. The van der Waals surface area contributed by atoms with Crippen LogP contribution in [0.1, 0.15) is 44.4 Å². The first-order valence-corrected chi connectivity index (χ1v) is 9.37. The van der Waals surface area contributed by atoms with E-state index in [1.165, 1.54) is 0 Å². The molecule has 0 saturated heterocycles. The smallest absolute Gasteiger partial charge is 0.242 e. The second kappa shape index (κ2) is 8.85. The second-order valence-electron chi connectivity index (χ2n) is 8.09. The summed E-state index contributed by atoms with van der Waals surface area (Å²) in [5, 5.41) is 2.98. The van der Waals surface area contributed by atoms with Gasteiger partial charge in [0.05, 0.1) is 6.42 Å². The van der Waals surface area contributed by atoms with E-state index in [9.17, 15) is 9.59 Å². The lowest BCUT2D eigenvalue weighted by molar-refractivity contribution is -0.140. The molecule has 2 rings (SSSR count). The largest absolute Gasteiger partial charge is 0.350 e. The number of carbonyl (C=O) groups is 2. The zero-order valence-electron chi connectivity index (χ0n) is 17.0. The van der Waals surface area contributed by atoms with Crippen LogP contribution in [0.4, 0.5) is 0 Å². The van der Waals surface area contributed by atoms with Crippen molar-refractivity contribution in [1.82, 2.24) is 10.2 Å². The molecule has 1 atom stereocenters. The minimum Gasteiger partial charge on any atom is -0.350 e. The zero-order chi connectivity index (χ0) is 20.0. The van der Waals surface area contributed by atoms with E-state index in [4.69, 9.17) is 0 Å². The van der Waals surface area contributed by atoms with Gasteiger partial charge in [-0.1, -0.05) is 60.2 Å². The van der Waals surface area contributed by atoms with Crippen molar-refractivity contribution in [1.29, 1.82) is 0 Å². The molecule has 2 aromatic carbocycles. The Morgan fingerprint density at radius 2 is 1.63 bits per heavy atom. The minimum atomic E-state index is -0.554. The number of nitrogens with one attached hydrogen (secondary N) is 1. The van der Waals surface area contributed by atoms with Gasteiger partial charge in [-0.2, -0.15) is 0 Å². The summed E-state index contributed by atoms with van der Waals surface area (Å²) in [5.74, 6) is -0.197. The van der Waals surface area contributed by atoms with E-state index < -0.39 is 6.04 Å². The molecule has 0 spiro atoms. The Kier molecular flexibility index (Phi) is 6.78. The quantitative estimate of drug-likeness (QED) is 0.844. The molecule has 4 heteroatoms. The van der Waals surface area contributed by atoms with Crippen LogP contribution in [0.25, 0.3) is 0 Å². The van der Waals surface area contributed by atoms with Gasteiger partial charge in [-0.15, -0.1) is 0 Å². The lowest BCUT2D eigenvalue weighted by Crippen LogP contribution is -2.52. The number of nitrogens with zero attached hydrogens (tertiary/aromatic N) is 1. The molecular formula is C23H30N2O2. The Labute approximate surface area is 162 Å². The average molecular weight is 367 g/mol. The van der Waals surface area contributed by atoms with Crippen molar-refractivity contribution in [3.63, 3.8) is 0 Å². The topological polar surface area (TPSA) is 49.4 Å². The summed E-state index contributed by atoms with van der Waals surface area (Å²) >= 11 is 0. The summed E-state index contributed by atoms with van der Waals surface area (Å²) in [7, 11) is 0. The van der Waals surface area contributed by atoms with Gasteiger partial charge < -0.3 is 10.2 Å². The molecule has 0 aliphatic carbocycles. The fraction of sp³-hybridized carbons (Fsp3) is 0.391. The Balaban J connectivity index is 2.22. The summed E-state index contributed by atoms with van der Waals surface area (Å²) in [6, 6.07) is 17.1. The van der Waals surface area contributed by atoms with Gasteiger partial charge >= 0.3 is 0 Å². The average Bonchev–Trinajstić information content (AvgIpc) is 2.58. The summed E-state index contributed by atoms with van der Waals surface area (Å²) < 4.78 is 0. The minimum absolute atomic E-state index is 0.0546. The van der Waals surface area contributed by atoms with Crippen molar-refractivity contribution in [2.24, 2.45) is 0 Å². The molecule has 0 bridgehead atoms. The first-order chi connectivity index (χ1) is 12.7. The van der Waals surface area contributed by atoms with Crippen LogP contribution in [0.5, 0.6) is 0 Å². The molecule has 144 valence electrons. The standard InChI is InChI=1S/C23H30N2O2/c1-17-10-9-13-20(14-17)15-21(26)25(16-19-11-7-6-8-12-19)18(2)22(27)24-23(3,4)5/h6-14,18H,15-16H2,1-5H3,(H,24,27). The van der Waals surface area contributed by atoms with E-state index in [-0.39, 0.29) is 23.8 Å². The second-order valence-corrected chi connectivity index (χ2v) is 8.09. The Morgan fingerprint density at radius 1 is 1.00 bits per heavy atom. The van der Waals surface area contributed by atoms with Crippen LogP contribution >= 0.6 is 0 Å². The summed E-state index contributed by atoms with van der Waals surface area (Å²) in [6.07, 6.45) is 0.279. The van der Waals surface area contributed by atoms with E-state index in [0.29, 0.717) is 6.54 Å². The number of hydrogen-bond donors (Lipinski definition) is 1. The molecule has 0 radical (unpaired) electrons. The number of benzene rings is 2. The maximum atomic E-state index is 13.1. The normalized spacial score (nSPS) is 12.3. The van der Waals surface area contributed by atoms with Crippen molar-refractivity contribution < 1.29 is 9.59 Å². The van der Waals surface area contributed by atoms with E-state index in [2.05, 4.69) is 5.32 Å². The molecule has 1 unspecified atom stereocenters. The Morgan fingerprint density at radius 3 is 2.22 bits per heavy atom. The highest BCUT2D eigenvalue weighted by Crippen LogP contribution is 2.14. The van der Waals surface area contributed by atoms with Gasteiger partial charge in [-0.3, -0.25) is 9.59 Å². The third kappa shape index (κ3) is 6.55. The maximum Gasteiger partial charge on any atom is 0.242 e. The first-order valence-electron chi connectivity index (χ1n) is 9.37. The van der Waals surface area contributed by atoms with Crippen LogP contribution in [-0.2, 0) is 22.6 Å². The van der Waals surface area contributed by atoms with Gasteiger partial charge in [-0.05, 0) is 45.7 Å². The first kappa shape index (κ1) is 20.7. The monoisotopic (exact) mass is 366 g/mol. The van der Waals surface area contributed by atoms with Gasteiger partial charge in [0.25, 0.3) is 0 Å². The van der Waals surface area contributed by atoms with Gasteiger partial charge in [0, 0.05) is 12.1 Å². The van der Waals surface area contributed by atoms with Crippen LogP contribution < -0.4 is 5.32 Å². The molecule has 27 heavy (non-hydrogen) atoms. The number of aryl methyl sites for hydroxylation is 1. The highest BCUT2D eigenvalue weighted by Gasteiger charge is 2.28. The fourth-order valence-electron chi connectivity index (χ4n) is 2.94. The number of carbonyl (C=O) groups excluding carboxylic acids is 2. The number of hydrogen-bond acceptors (Lipinski definition) is 2. The third-order valence-corrected chi connectivity index (χ3v) is 4.30.